The highest BCUT2D eigenvalue weighted by atomic mass is 35.5. The van der Waals surface area contributed by atoms with Crippen molar-refractivity contribution in [2.24, 2.45) is 0 Å². The predicted octanol–water partition coefficient (Wildman–Crippen LogP) is 5.30. The van der Waals surface area contributed by atoms with Gasteiger partial charge in [0.1, 0.15) is 11.0 Å². The van der Waals surface area contributed by atoms with E-state index in [9.17, 15) is 4.79 Å². The van der Waals surface area contributed by atoms with Crippen LogP contribution in [0.1, 0.15) is 55.1 Å². The Morgan fingerprint density at radius 3 is 2.43 bits per heavy atom. The van der Waals surface area contributed by atoms with Crippen molar-refractivity contribution in [3.63, 3.8) is 0 Å². The highest BCUT2D eigenvalue weighted by Crippen LogP contribution is 2.54. The van der Waals surface area contributed by atoms with Gasteiger partial charge < -0.3 is 4.43 Å². The average Bonchev–Trinajstić information content (AvgIpc) is 3.31. The minimum atomic E-state index is -1.87. The Labute approximate surface area is 172 Å². The maximum Gasteiger partial charge on any atom is 0.260 e. The molecule has 1 aliphatic carbocycles. The van der Waals surface area contributed by atoms with Crippen molar-refractivity contribution in [1.29, 1.82) is 0 Å². The first-order chi connectivity index (χ1) is 13.0. The lowest BCUT2D eigenvalue weighted by atomic mass is 10.1. The standard InChI is InChI=1S/C21H26ClN3O2Si/c1-20(2,3)28(4,5)27-21(9-10-21)14-6-7-17(24-12-14)25-13-16-15(19(25)26)8-11-23-18(16)22/h6-8,11-12H,9-10,13H2,1-5H3. The van der Waals surface area contributed by atoms with Gasteiger partial charge in [0.15, 0.2) is 8.32 Å². The van der Waals surface area contributed by atoms with Crippen LogP contribution in [-0.4, -0.2) is 24.2 Å². The number of amides is 1. The third-order valence-electron chi connectivity index (χ3n) is 6.31. The molecular formula is C21H26ClN3O2Si. The van der Waals surface area contributed by atoms with Crippen molar-refractivity contribution < 1.29 is 9.22 Å². The number of halogens is 1. The van der Waals surface area contributed by atoms with E-state index in [0.717, 1.165) is 24.0 Å². The van der Waals surface area contributed by atoms with Gasteiger partial charge in [-0.3, -0.25) is 9.69 Å². The van der Waals surface area contributed by atoms with Crippen molar-refractivity contribution in [1.82, 2.24) is 9.97 Å². The molecule has 0 spiro atoms. The maximum atomic E-state index is 12.7. The van der Waals surface area contributed by atoms with Crippen LogP contribution in [-0.2, 0) is 16.6 Å². The van der Waals surface area contributed by atoms with E-state index >= 15 is 0 Å². The van der Waals surface area contributed by atoms with E-state index in [0.29, 0.717) is 23.1 Å². The molecule has 4 rings (SSSR count). The first-order valence-corrected chi connectivity index (χ1v) is 12.9. The lowest BCUT2D eigenvalue weighted by Gasteiger charge is -2.39. The number of carbonyl (C=O) groups is 1. The number of carbonyl (C=O) groups excluding carboxylic acids is 1. The summed E-state index contributed by atoms with van der Waals surface area (Å²) in [5.74, 6) is 0.544. The fourth-order valence-corrected chi connectivity index (χ4v) is 5.22. The molecule has 1 aliphatic heterocycles. The van der Waals surface area contributed by atoms with Gasteiger partial charge in [0.05, 0.1) is 12.1 Å². The first-order valence-electron chi connectivity index (χ1n) is 9.66. The molecule has 2 aromatic rings. The summed E-state index contributed by atoms with van der Waals surface area (Å²) in [7, 11) is -1.87. The van der Waals surface area contributed by atoms with E-state index in [-0.39, 0.29) is 16.5 Å². The lowest BCUT2D eigenvalue weighted by molar-refractivity contribution is 0.0996. The van der Waals surface area contributed by atoms with Crippen molar-refractivity contribution in [3.8, 4) is 0 Å². The Morgan fingerprint density at radius 1 is 1.18 bits per heavy atom. The lowest BCUT2D eigenvalue weighted by Crippen LogP contribution is -2.44. The van der Waals surface area contributed by atoms with Crippen LogP contribution in [0.2, 0.25) is 23.3 Å². The summed E-state index contributed by atoms with van der Waals surface area (Å²) in [6.07, 6.45) is 5.48. The molecule has 28 heavy (non-hydrogen) atoms. The minimum absolute atomic E-state index is 0.0850. The summed E-state index contributed by atoms with van der Waals surface area (Å²) in [6.45, 7) is 11.7. The summed E-state index contributed by atoms with van der Waals surface area (Å²) in [5, 5.41) is 0.543. The van der Waals surface area contributed by atoms with E-state index in [1.54, 1.807) is 17.2 Å². The zero-order valence-electron chi connectivity index (χ0n) is 17.0. The van der Waals surface area contributed by atoms with Gasteiger partial charge in [-0.05, 0) is 43.1 Å². The molecule has 0 aromatic carbocycles. The molecule has 0 N–H and O–H groups in total. The molecule has 148 valence electrons. The second-order valence-corrected chi connectivity index (χ2v) is 14.4. The molecule has 1 amide bonds. The first kappa shape index (κ1) is 19.5. The van der Waals surface area contributed by atoms with Crippen LogP contribution < -0.4 is 4.90 Å². The average molecular weight is 416 g/mol. The van der Waals surface area contributed by atoms with Gasteiger partial charge in [-0.25, -0.2) is 9.97 Å². The van der Waals surface area contributed by atoms with Crippen LogP contribution in [0, 0.1) is 0 Å². The Balaban J connectivity index is 1.56. The van der Waals surface area contributed by atoms with E-state index in [4.69, 9.17) is 16.0 Å². The normalized spacial score (nSPS) is 18.4. The Bertz CT molecular complexity index is 934. The number of aromatic nitrogens is 2. The third-order valence-corrected chi connectivity index (χ3v) is 11.1. The topological polar surface area (TPSA) is 55.3 Å². The van der Waals surface area contributed by atoms with Gasteiger partial charge in [0.2, 0.25) is 0 Å². The molecule has 2 aromatic heterocycles. The molecule has 1 fully saturated rings. The summed E-state index contributed by atoms with van der Waals surface area (Å²) < 4.78 is 6.73. The highest BCUT2D eigenvalue weighted by molar-refractivity contribution is 6.74. The minimum Gasteiger partial charge on any atom is -0.407 e. The van der Waals surface area contributed by atoms with E-state index in [2.05, 4.69) is 49.9 Å². The molecule has 0 radical (unpaired) electrons. The summed E-state index contributed by atoms with van der Waals surface area (Å²) in [6, 6.07) is 5.68. The Morgan fingerprint density at radius 2 is 1.89 bits per heavy atom. The van der Waals surface area contributed by atoms with E-state index < -0.39 is 8.32 Å². The number of fused-ring (bicyclic) bond motifs is 1. The van der Waals surface area contributed by atoms with Crippen LogP contribution >= 0.6 is 11.6 Å². The van der Waals surface area contributed by atoms with Crippen LogP contribution in [0.15, 0.2) is 30.6 Å². The number of anilines is 1. The summed E-state index contributed by atoms with van der Waals surface area (Å²) in [4.78, 5) is 23.0. The van der Waals surface area contributed by atoms with Gasteiger partial charge in [-0.15, -0.1) is 0 Å². The fraction of sp³-hybridized carbons (Fsp3) is 0.476. The van der Waals surface area contributed by atoms with Crippen molar-refractivity contribution >= 4 is 31.6 Å². The highest BCUT2D eigenvalue weighted by Gasteiger charge is 2.52. The largest absolute Gasteiger partial charge is 0.407 e. The predicted molar refractivity (Wildman–Crippen MR) is 113 cm³/mol. The molecule has 0 unspecified atom stereocenters. The third kappa shape index (κ3) is 3.17. The molecular weight excluding hydrogens is 390 g/mol. The van der Waals surface area contributed by atoms with Crippen molar-refractivity contribution in [3.05, 3.63) is 52.4 Å². The Kier molecular flexibility index (Phi) is 4.45. The molecule has 2 aliphatic rings. The van der Waals surface area contributed by atoms with Crippen LogP contribution in [0.25, 0.3) is 0 Å². The van der Waals surface area contributed by atoms with Gasteiger partial charge in [0.25, 0.3) is 5.91 Å². The molecule has 3 heterocycles. The summed E-state index contributed by atoms with van der Waals surface area (Å²) in [5.41, 5.74) is 2.26. The maximum absolute atomic E-state index is 12.7. The molecule has 7 heteroatoms. The van der Waals surface area contributed by atoms with Crippen LogP contribution in [0.5, 0.6) is 0 Å². The quantitative estimate of drug-likeness (QED) is 0.502. The van der Waals surface area contributed by atoms with E-state index in [1.807, 2.05) is 12.3 Å². The molecule has 0 atom stereocenters. The second-order valence-electron chi connectivity index (χ2n) is 9.28. The van der Waals surface area contributed by atoms with Crippen LogP contribution in [0.3, 0.4) is 0 Å². The molecule has 0 saturated heterocycles. The second kappa shape index (κ2) is 6.37. The Hall–Kier alpha value is -1.76. The van der Waals surface area contributed by atoms with Gasteiger partial charge >= 0.3 is 0 Å². The number of hydrogen-bond donors (Lipinski definition) is 0. The SMILES string of the molecule is CC(C)(C)[Si](C)(C)OC1(c2ccc(N3Cc4c(ccnc4Cl)C3=O)nc2)CC1. The number of hydrogen-bond acceptors (Lipinski definition) is 4. The van der Waals surface area contributed by atoms with Crippen molar-refractivity contribution in [2.75, 3.05) is 4.90 Å². The monoisotopic (exact) mass is 415 g/mol. The number of pyridine rings is 2. The van der Waals surface area contributed by atoms with Crippen LogP contribution in [0.4, 0.5) is 5.82 Å². The smallest absolute Gasteiger partial charge is 0.260 e. The zero-order valence-corrected chi connectivity index (χ0v) is 18.8. The molecule has 5 nitrogen and oxygen atoms in total. The van der Waals surface area contributed by atoms with Gasteiger partial charge in [-0.1, -0.05) is 38.4 Å². The van der Waals surface area contributed by atoms with Gasteiger partial charge in [0, 0.05) is 29.1 Å². The molecule has 0 bridgehead atoms. The fourth-order valence-electron chi connectivity index (χ4n) is 3.40. The number of rotatable bonds is 4. The van der Waals surface area contributed by atoms with Gasteiger partial charge in [-0.2, -0.15) is 0 Å². The summed E-state index contributed by atoms with van der Waals surface area (Å²) >= 11 is 6.16. The van der Waals surface area contributed by atoms with E-state index in [1.165, 1.54) is 0 Å². The van der Waals surface area contributed by atoms with Crippen molar-refractivity contribution in [2.45, 2.75) is 63.9 Å². The zero-order chi connectivity index (χ0) is 20.3. The number of nitrogens with zero attached hydrogens (tertiary/aromatic N) is 3. The molecule has 1 saturated carbocycles.